The van der Waals surface area contributed by atoms with E-state index in [0.29, 0.717) is 0 Å². The fourth-order valence-corrected chi connectivity index (χ4v) is 2.32. The average molecular weight is 357 g/mol. The molecule has 0 aliphatic rings. The molecule has 0 aliphatic carbocycles. The summed E-state index contributed by atoms with van der Waals surface area (Å²) in [4.78, 5) is 0. The van der Waals surface area contributed by atoms with E-state index < -0.39 is 0 Å². The molecule has 0 saturated heterocycles. The van der Waals surface area contributed by atoms with Gasteiger partial charge in [-0.25, -0.2) is 4.39 Å². The van der Waals surface area contributed by atoms with Crippen molar-refractivity contribution in [2.45, 2.75) is 13.0 Å². The first-order valence-electron chi connectivity index (χ1n) is 5.57. The highest BCUT2D eigenvalue weighted by molar-refractivity contribution is 14.1. The molecule has 0 bridgehead atoms. The van der Waals surface area contributed by atoms with Crippen LogP contribution in [0.15, 0.2) is 42.5 Å². The first kappa shape index (κ1) is 13.1. The third kappa shape index (κ3) is 3.13. The molecule has 1 atom stereocenters. The summed E-state index contributed by atoms with van der Waals surface area (Å²) in [6.45, 7) is 2.02. The Morgan fingerprint density at radius 3 is 2.44 bits per heavy atom. The van der Waals surface area contributed by atoms with Crippen molar-refractivity contribution in [1.29, 1.82) is 0 Å². The lowest BCUT2D eigenvalue weighted by molar-refractivity contribution is 0.475. The lowest BCUT2D eigenvalue weighted by Gasteiger charge is -2.17. The van der Waals surface area contributed by atoms with Gasteiger partial charge >= 0.3 is 0 Å². The zero-order valence-electron chi connectivity index (χ0n) is 9.82. The second-order valence-electron chi connectivity index (χ2n) is 4.08. The van der Waals surface area contributed by atoms with Crippen molar-refractivity contribution in [3.8, 4) is 5.75 Å². The van der Waals surface area contributed by atoms with E-state index in [1.54, 1.807) is 18.2 Å². The maximum Gasteiger partial charge on any atom is 0.124 e. The zero-order chi connectivity index (χ0) is 13.1. The van der Waals surface area contributed by atoms with E-state index >= 15 is 0 Å². The van der Waals surface area contributed by atoms with E-state index in [4.69, 9.17) is 0 Å². The van der Waals surface area contributed by atoms with Gasteiger partial charge in [-0.2, -0.15) is 0 Å². The molecule has 18 heavy (non-hydrogen) atoms. The van der Waals surface area contributed by atoms with Gasteiger partial charge in [0, 0.05) is 15.3 Å². The maximum atomic E-state index is 13.0. The Kier molecular flexibility index (Phi) is 4.06. The Hall–Kier alpha value is -1.30. The summed E-state index contributed by atoms with van der Waals surface area (Å²) < 4.78 is 13.8. The van der Waals surface area contributed by atoms with E-state index in [-0.39, 0.29) is 17.6 Å². The van der Waals surface area contributed by atoms with Gasteiger partial charge in [-0.1, -0.05) is 12.1 Å². The number of hydrogen-bond acceptors (Lipinski definition) is 2. The molecule has 94 valence electrons. The van der Waals surface area contributed by atoms with Crippen molar-refractivity contribution in [1.82, 2.24) is 0 Å². The van der Waals surface area contributed by atoms with Crippen LogP contribution in [0.25, 0.3) is 0 Å². The molecule has 2 rings (SSSR count). The Labute approximate surface area is 119 Å². The van der Waals surface area contributed by atoms with Crippen molar-refractivity contribution in [3.05, 3.63) is 57.4 Å². The molecule has 2 nitrogen and oxygen atoms in total. The highest BCUT2D eigenvalue weighted by atomic mass is 127. The molecule has 0 saturated carbocycles. The molecule has 2 aromatic carbocycles. The smallest absolute Gasteiger partial charge is 0.124 e. The topological polar surface area (TPSA) is 32.3 Å². The van der Waals surface area contributed by atoms with Gasteiger partial charge in [0.1, 0.15) is 11.6 Å². The van der Waals surface area contributed by atoms with E-state index in [1.165, 1.54) is 12.1 Å². The van der Waals surface area contributed by atoms with Gasteiger partial charge in [-0.3, -0.25) is 0 Å². The van der Waals surface area contributed by atoms with Gasteiger partial charge in [-0.15, -0.1) is 0 Å². The number of benzene rings is 2. The lowest BCUT2D eigenvalue weighted by atomic mass is 10.1. The number of aromatic hydroxyl groups is 1. The number of nitrogens with one attached hydrogen (secondary N) is 1. The largest absolute Gasteiger partial charge is 0.508 e. The molecule has 1 unspecified atom stereocenters. The first-order chi connectivity index (χ1) is 8.56. The standard InChI is InChI=1S/C14H13FINO/c1-9(10-2-5-12(18)6-3-10)17-14-7-4-11(15)8-13(14)16/h2-9,17-18H,1H3. The highest BCUT2D eigenvalue weighted by Gasteiger charge is 2.08. The van der Waals surface area contributed by atoms with Gasteiger partial charge in [0.25, 0.3) is 0 Å². The van der Waals surface area contributed by atoms with Crippen molar-refractivity contribution in [2.24, 2.45) is 0 Å². The maximum absolute atomic E-state index is 13.0. The van der Waals surface area contributed by atoms with Crippen LogP contribution >= 0.6 is 22.6 Å². The molecule has 0 spiro atoms. The summed E-state index contributed by atoms with van der Waals surface area (Å²) in [5.41, 5.74) is 1.96. The number of anilines is 1. The molecular formula is C14H13FINO. The van der Waals surface area contributed by atoms with Crippen molar-refractivity contribution >= 4 is 28.3 Å². The van der Waals surface area contributed by atoms with Crippen LogP contribution in [0.3, 0.4) is 0 Å². The first-order valence-corrected chi connectivity index (χ1v) is 6.64. The number of phenols is 1. The molecule has 0 fully saturated rings. The van der Waals surface area contributed by atoms with E-state index in [0.717, 1.165) is 14.8 Å². The minimum Gasteiger partial charge on any atom is -0.508 e. The van der Waals surface area contributed by atoms with Crippen molar-refractivity contribution in [2.75, 3.05) is 5.32 Å². The molecule has 4 heteroatoms. The molecule has 0 heterocycles. The van der Waals surface area contributed by atoms with E-state index in [9.17, 15) is 9.50 Å². The SMILES string of the molecule is CC(Nc1ccc(F)cc1I)c1ccc(O)cc1. The summed E-state index contributed by atoms with van der Waals surface area (Å²) in [6, 6.07) is 11.8. The third-order valence-electron chi connectivity index (χ3n) is 2.70. The molecule has 0 aliphatic heterocycles. The van der Waals surface area contributed by atoms with Crippen LogP contribution in [0.4, 0.5) is 10.1 Å². The molecule has 2 N–H and O–H groups in total. The monoisotopic (exact) mass is 357 g/mol. The minimum absolute atomic E-state index is 0.0876. The summed E-state index contributed by atoms with van der Waals surface area (Å²) in [7, 11) is 0. The van der Waals surface area contributed by atoms with Crippen LogP contribution in [-0.2, 0) is 0 Å². The second kappa shape index (κ2) is 5.56. The minimum atomic E-state index is -0.234. The molecular weight excluding hydrogens is 344 g/mol. The predicted octanol–water partition coefficient (Wildman–Crippen LogP) is 4.31. The summed E-state index contributed by atoms with van der Waals surface area (Å²) in [5, 5.41) is 12.6. The average Bonchev–Trinajstić information content (AvgIpc) is 2.33. The second-order valence-corrected chi connectivity index (χ2v) is 5.24. The number of hydrogen-bond donors (Lipinski definition) is 2. The van der Waals surface area contributed by atoms with Gasteiger partial charge in [0.05, 0.1) is 0 Å². The number of halogens is 2. The lowest BCUT2D eigenvalue weighted by Crippen LogP contribution is -2.07. The van der Waals surface area contributed by atoms with Gasteiger partial charge in [-0.05, 0) is 65.4 Å². The van der Waals surface area contributed by atoms with Gasteiger partial charge in [0.15, 0.2) is 0 Å². The Bertz CT molecular complexity index is 542. The summed E-state index contributed by atoms with van der Waals surface area (Å²) in [5.74, 6) is 0.0181. The Morgan fingerprint density at radius 1 is 1.17 bits per heavy atom. The predicted molar refractivity (Wildman–Crippen MR) is 79.3 cm³/mol. The van der Waals surface area contributed by atoms with Crippen LogP contribution in [0.1, 0.15) is 18.5 Å². The molecule has 2 aromatic rings. The highest BCUT2D eigenvalue weighted by Crippen LogP contribution is 2.25. The Morgan fingerprint density at radius 2 is 1.83 bits per heavy atom. The fraction of sp³-hybridized carbons (Fsp3) is 0.143. The van der Waals surface area contributed by atoms with Crippen molar-refractivity contribution < 1.29 is 9.50 Å². The van der Waals surface area contributed by atoms with Crippen LogP contribution in [-0.4, -0.2) is 5.11 Å². The number of phenolic OH excluding ortho intramolecular Hbond substituents is 1. The van der Waals surface area contributed by atoms with Crippen molar-refractivity contribution in [3.63, 3.8) is 0 Å². The quantitative estimate of drug-likeness (QED) is 0.803. The zero-order valence-corrected chi connectivity index (χ0v) is 12.0. The molecule has 0 radical (unpaired) electrons. The third-order valence-corrected chi connectivity index (χ3v) is 3.59. The van der Waals surface area contributed by atoms with E-state index in [1.807, 2.05) is 19.1 Å². The van der Waals surface area contributed by atoms with Crippen LogP contribution < -0.4 is 5.32 Å². The summed E-state index contributed by atoms with van der Waals surface area (Å²) in [6.07, 6.45) is 0. The van der Waals surface area contributed by atoms with E-state index in [2.05, 4.69) is 27.9 Å². The summed E-state index contributed by atoms with van der Waals surface area (Å²) >= 11 is 2.10. The Balaban J connectivity index is 2.15. The number of rotatable bonds is 3. The van der Waals surface area contributed by atoms with Gasteiger partial charge in [0.2, 0.25) is 0 Å². The van der Waals surface area contributed by atoms with Crippen LogP contribution in [0.2, 0.25) is 0 Å². The normalized spacial score (nSPS) is 12.2. The van der Waals surface area contributed by atoms with Crippen LogP contribution in [0.5, 0.6) is 5.75 Å². The fourth-order valence-electron chi connectivity index (χ4n) is 1.69. The molecule has 0 aromatic heterocycles. The van der Waals surface area contributed by atoms with Crippen LogP contribution in [0, 0.1) is 9.39 Å². The molecule has 0 amide bonds. The van der Waals surface area contributed by atoms with Gasteiger partial charge < -0.3 is 10.4 Å².